The van der Waals surface area contributed by atoms with Gasteiger partial charge in [0, 0.05) is 29.6 Å². The molecule has 1 heterocycles. The zero-order valence-electron chi connectivity index (χ0n) is 18.4. The highest BCUT2D eigenvalue weighted by Gasteiger charge is 2.62. The molecule has 1 unspecified atom stereocenters. The van der Waals surface area contributed by atoms with Crippen LogP contribution in [-0.2, 0) is 16.7 Å². The van der Waals surface area contributed by atoms with Crippen LogP contribution in [-0.4, -0.2) is 19.0 Å². The lowest BCUT2D eigenvalue weighted by atomic mass is 9.59. The summed E-state index contributed by atoms with van der Waals surface area (Å²) in [5.74, 6) is 7.95. The average molecular weight is 422 g/mol. The number of amidine groups is 1. The molecule has 32 heavy (non-hydrogen) atoms. The number of benzene rings is 2. The first-order valence-corrected chi connectivity index (χ1v) is 11.7. The van der Waals surface area contributed by atoms with E-state index in [0.717, 1.165) is 48.8 Å². The molecule has 1 aliphatic heterocycles. The number of rotatable bonds is 1. The third kappa shape index (κ3) is 2.70. The fraction of sp³-hybridized carbons (Fsp3) is 0.429. The number of ether oxygens (including phenoxy) is 1. The van der Waals surface area contributed by atoms with Crippen molar-refractivity contribution in [2.24, 2.45) is 22.1 Å². The number of nitrogens with two attached hydrogens (primary N) is 1. The van der Waals surface area contributed by atoms with Crippen LogP contribution >= 0.6 is 0 Å². The molecule has 4 nitrogen and oxygen atoms in total. The van der Waals surface area contributed by atoms with Gasteiger partial charge in [-0.25, -0.2) is 0 Å². The molecule has 0 radical (unpaired) electrons. The summed E-state index contributed by atoms with van der Waals surface area (Å²) in [7, 11) is 1.81. The van der Waals surface area contributed by atoms with E-state index in [1.807, 2.05) is 25.3 Å². The Hall–Kier alpha value is -3.08. The third-order valence-electron chi connectivity index (χ3n) is 8.12. The van der Waals surface area contributed by atoms with E-state index in [4.69, 9.17) is 15.5 Å². The minimum Gasteiger partial charge on any atom is -0.383 e. The predicted molar refractivity (Wildman–Crippen MR) is 124 cm³/mol. The van der Waals surface area contributed by atoms with E-state index in [0.29, 0.717) is 23.4 Å². The molecule has 0 amide bonds. The monoisotopic (exact) mass is 421 g/mol. The van der Waals surface area contributed by atoms with E-state index in [-0.39, 0.29) is 5.41 Å². The fourth-order valence-electron chi connectivity index (χ4n) is 6.30. The Bertz CT molecular complexity index is 1250. The second-order valence-electron chi connectivity index (χ2n) is 9.89. The first kappa shape index (κ1) is 19.6. The number of hydrogen-bond acceptors (Lipinski definition) is 4. The van der Waals surface area contributed by atoms with E-state index >= 15 is 0 Å². The molecule has 2 spiro atoms. The first-order valence-electron chi connectivity index (χ1n) is 11.7. The topological polar surface area (TPSA) is 71.4 Å². The van der Waals surface area contributed by atoms with E-state index in [1.54, 1.807) is 0 Å². The van der Waals surface area contributed by atoms with Gasteiger partial charge in [-0.2, -0.15) is 5.26 Å². The molecular weight excluding hydrogens is 394 g/mol. The average Bonchev–Trinajstić information content (AvgIpc) is 3.56. The number of methoxy groups -OCH3 is 1. The van der Waals surface area contributed by atoms with Gasteiger partial charge in [0.1, 0.15) is 11.4 Å². The third-order valence-corrected chi connectivity index (χ3v) is 8.12. The zero-order chi connectivity index (χ0) is 21.9. The van der Waals surface area contributed by atoms with Crippen LogP contribution < -0.4 is 5.73 Å². The van der Waals surface area contributed by atoms with Gasteiger partial charge in [-0.05, 0) is 92.0 Å². The molecular formula is C28H27N3O. The van der Waals surface area contributed by atoms with Gasteiger partial charge < -0.3 is 10.5 Å². The van der Waals surface area contributed by atoms with Crippen molar-refractivity contribution in [1.29, 1.82) is 5.26 Å². The molecule has 2 aromatic carbocycles. The lowest BCUT2D eigenvalue weighted by molar-refractivity contribution is 0.00684. The molecule has 1 atom stereocenters. The Balaban J connectivity index is 1.57. The summed E-state index contributed by atoms with van der Waals surface area (Å²) in [4.78, 5) is 5.28. The minimum atomic E-state index is -0.551. The SMILES string of the molecule is COC1CCC2(CC1)Cc1ccc(C#CC3CC3)cc1C21N=C(N)c2ccc(C#N)cc21. The van der Waals surface area contributed by atoms with Gasteiger partial charge in [0.25, 0.3) is 0 Å². The molecule has 0 aromatic heterocycles. The molecule has 2 N–H and O–H groups in total. The van der Waals surface area contributed by atoms with Crippen LogP contribution in [0.2, 0.25) is 0 Å². The van der Waals surface area contributed by atoms with Gasteiger partial charge in [0.2, 0.25) is 0 Å². The van der Waals surface area contributed by atoms with Crippen LogP contribution in [0.4, 0.5) is 0 Å². The molecule has 0 bridgehead atoms. The second-order valence-corrected chi connectivity index (χ2v) is 9.89. The maximum atomic E-state index is 9.65. The lowest BCUT2D eigenvalue weighted by Gasteiger charge is -2.47. The van der Waals surface area contributed by atoms with Gasteiger partial charge in [-0.3, -0.25) is 4.99 Å². The molecule has 3 aliphatic carbocycles. The van der Waals surface area contributed by atoms with Crippen LogP contribution in [0.15, 0.2) is 41.4 Å². The molecule has 0 saturated heterocycles. The van der Waals surface area contributed by atoms with Gasteiger partial charge >= 0.3 is 0 Å². The zero-order valence-corrected chi connectivity index (χ0v) is 18.4. The molecule has 4 heteroatoms. The van der Waals surface area contributed by atoms with Crippen molar-refractivity contribution in [3.05, 3.63) is 69.8 Å². The predicted octanol–water partition coefficient (Wildman–Crippen LogP) is 4.41. The maximum absolute atomic E-state index is 9.65. The molecule has 2 saturated carbocycles. The summed E-state index contributed by atoms with van der Waals surface area (Å²) >= 11 is 0. The summed E-state index contributed by atoms with van der Waals surface area (Å²) in [5.41, 5.74) is 12.3. The van der Waals surface area contributed by atoms with Crippen molar-refractivity contribution in [3.8, 4) is 17.9 Å². The highest BCUT2D eigenvalue weighted by molar-refractivity contribution is 6.03. The number of aliphatic imine (C=N–C) groups is 1. The molecule has 2 fully saturated rings. The van der Waals surface area contributed by atoms with Crippen LogP contribution in [0.25, 0.3) is 0 Å². The largest absolute Gasteiger partial charge is 0.383 e. The minimum absolute atomic E-state index is 0.0587. The van der Waals surface area contributed by atoms with E-state index < -0.39 is 5.54 Å². The quantitative estimate of drug-likeness (QED) is 0.693. The van der Waals surface area contributed by atoms with Gasteiger partial charge in [0.15, 0.2) is 0 Å². The number of fused-ring (bicyclic) bond motifs is 5. The van der Waals surface area contributed by atoms with E-state index in [1.165, 1.54) is 24.0 Å². The van der Waals surface area contributed by atoms with Crippen LogP contribution in [0.1, 0.15) is 71.9 Å². The number of nitriles is 1. The van der Waals surface area contributed by atoms with Crippen molar-refractivity contribution >= 4 is 5.84 Å². The Morgan fingerprint density at radius 2 is 1.78 bits per heavy atom. The lowest BCUT2D eigenvalue weighted by Crippen LogP contribution is -2.45. The van der Waals surface area contributed by atoms with Crippen molar-refractivity contribution in [1.82, 2.24) is 0 Å². The molecule has 4 aliphatic rings. The summed E-state index contributed by atoms with van der Waals surface area (Å²) in [6.45, 7) is 0. The Kier molecular flexibility index (Phi) is 4.26. The Labute approximate surface area is 189 Å². The fourth-order valence-corrected chi connectivity index (χ4v) is 6.30. The Morgan fingerprint density at radius 3 is 2.50 bits per heavy atom. The van der Waals surface area contributed by atoms with Gasteiger partial charge in [-0.1, -0.05) is 17.9 Å². The van der Waals surface area contributed by atoms with E-state index in [2.05, 4.69) is 36.1 Å². The normalized spacial score (nSPS) is 29.8. The molecule has 160 valence electrons. The summed E-state index contributed by atoms with van der Waals surface area (Å²) in [6.07, 6.45) is 7.79. The number of nitrogens with zero attached hydrogens (tertiary/aromatic N) is 2. The van der Waals surface area contributed by atoms with Crippen molar-refractivity contribution < 1.29 is 4.74 Å². The highest BCUT2D eigenvalue weighted by Crippen LogP contribution is 2.64. The van der Waals surface area contributed by atoms with Crippen LogP contribution in [0.5, 0.6) is 0 Å². The van der Waals surface area contributed by atoms with Crippen LogP contribution in [0, 0.1) is 34.5 Å². The van der Waals surface area contributed by atoms with Gasteiger partial charge in [0.05, 0.1) is 17.7 Å². The highest BCUT2D eigenvalue weighted by atomic mass is 16.5. The summed E-state index contributed by atoms with van der Waals surface area (Å²) in [6, 6.07) is 14.9. The molecule has 2 aromatic rings. The second kappa shape index (κ2) is 6.96. The van der Waals surface area contributed by atoms with Gasteiger partial charge in [-0.15, -0.1) is 0 Å². The maximum Gasteiger partial charge on any atom is 0.127 e. The Morgan fingerprint density at radius 1 is 1.03 bits per heavy atom. The number of hydrogen-bond donors (Lipinski definition) is 1. The van der Waals surface area contributed by atoms with E-state index in [9.17, 15) is 5.26 Å². The summed E-state index contributed by atoms with van der Waals surface area (Å²) in [5, 5.41) is 9.65. The smallest absolute Gasteiger partial charge is 0.127 e. The van der Waals surface area contributed by atoms with Crippen molar-refractivity contribution in [2.45, 2.75) is 56.6 Å². The van der Waals surface area contributed by atoms with Crippen LogP contribution in [0.3, 0.4) is 0 Å². The van der Waals surface area contributed by atoms with Crippen molar-refractivity contribution in [3.63, 3.8) is 0 Å². The standard InChI is InChI=1S/C28H27N3O/c1-32-22-10-12-27(13-11-22)16-21-8-6-19(5-4-18-2-3-18)14-24(21)28(27)25-15-20(17-29)7-9-23(25)26(30)31-28/h6-9,14-15,18,22H,2-3,10-13,16H2,1H3,(H2,30,31). The van der Waals surface area contributed by atoms with Crippen molar-refractivity contribution in [2.75, 3.05) is 7.11 Å². The first-order chi connectivity index (χ1) is 15.6. The summed E-state index contributed by atoms with van der Waals surface area (Å²) < 4.78 is 5.71. The molecule has 6 rings (SSSR count).